The topological polar surface area (TPSA) is 51.2 Å². The molecule has 24 heavy (non-hydrogen) atoms. The van der Waals surface area contributed by atoms with Gasteiger partial charge in [-0.1, -0.05) is 12.1 Å². The van der Waals surface area contributed by atoms with Gasteiger partial charge in [-0.15, -0.1) is 11.3 Å². The number of halogens is 1. The van der Waals surface area contributed by atoms with E-state index in [9.17, 15) is 9.18 Å². The van der Waals surface area contributed by atoms with Crippen LogP contribution in [0.2, 0.25) is 0 Å². The van der Waals surface area contributed by atoms with E-state index in [-0.39, 0.29) is 11.7 Å². The van der Waals surface area contributed by atoms with E-state index in [1.54, 1.807) is 17.4 Å². The highest BCUT2D eigenvalue weighted by atomic mass is 32.1. The predicted molar refractivity (Wildman–Crippen MR) is 91.6 cm³/mol. The largest absolute Gasteiger partial charge is 0.381 e. The Hall–Kier alpha value is -1.79. The van der Waals surface area contributed by atoms with Crippen LogP contribution >= 0.6 is 11.3 Å². The van der Waals surface area contributed by atoms with Gasteiger partial charge in [0.15, 0.2) is 0 Å². The van der Waals surface area contributed by atoms with Gasteiger partial charge >= 0.3 is 0 Å². The van der Waals surface area contributed by atoms with Gasteiger partial charge in [-0.2, -0.15) is 0 Å². The van der Waals surface area contributed by atoms with Gasteiger partial charge in [0.2, 0.25) is 5.91 Å². The van der Waals surface area contributed by atoms with Gasteiger partial charge in [-0.05, 0) is 44.4 Å². The molecule has 1 aliphatic rings. The average Bonchev–Trinajstić information content (AvgIpc) is 2.90. The van der Waals surface area contributed by atoms with Crippen LogP contribution in [0.25, 0.3) is 0 Å². The van der Waals surface area contributed by atoms with Gasteiger partial charge in [-0.25, -0.2) is 9.37 Å². The van der Waals surface area contributed by atoms with Gasteiger partial charge in [0.05, 0.1) is 22.7 Å². The lowest BCUT2D eigenvalue weighted by atomic mass is 9.73. The van der Waals surface area contributed by atoms with Crippen molar-refractivity contribution in [3.63, 3.8) is 0 Å². The lowest BCUT2D eigenvalue weighted by molar-refractivity contribution is -0.130. The molecular weight excluding hydrogens is 327 g/mol. The summed E-state index contributed by atoms with van der Waals surface area (Å²) < 4.78 is 19.1. The molecule has 0 aliphatic carbocycles. The molecule has 6 heteroatoms. The molecule has 2 aromatic rings. The van der Waals surface area contributed by atoms with Crippen molar-refractivity contribution in [3.8, 4) is 0 Å². The second kappa shape index (κ2) is 6.99. The Labute approximate surface area is 145 Å². The fourth-order valence-electron chi connectivity index (χ4n) is 3.22. The first-order valence-electron chi connectivity index (χ1n) is 8.06. The van der Waals surface area contributed by atoms with Crippen LogP contribution < -0.4 is 5.32 Å². The summed E-state index contributed by atoms with van der Waals surface area (Å²) in [4.78, 5) is 18.5. The van der Waals surface area contributed by atoms with Crippen molar-refractivity contribution in [1.29, 1.82) is 0 Å². The molecule has 1 N–H and O–H groups in total. The molecule has 1 saturated heterocycles. The summed E-state index contributed by atoms with van der Waals surface area (Å²) >= 11 is 1.59. The Balaban J connectivity index is 1.83. The van der Waals surface area contributed by atoms with Crippen LogP contribution in [0.3, 0.4) is 0 Å². The summed E-state index contributed by atoms with van der Waals surface area (Å²) in [5, 5.41) is 4.02. The number of hydrogen-bond donors (Lipinski definition) is 1. The number of aromatic nitrogens is 1. The summed E-state index contributed by atoms with van der Waals surface area (Å²) in [5.41, 5.74) is 0.943. The van der Waals surface area contributed by atoms with E-state index in [1.807, 2.05) is 19.9 Å². The fourth-order valence-corrected chi connectivity index (χ4v) is 4.10. The van der Waals surface area contributed by atoms with Crippen molar-refractivity contribution >= 4 is 17.2 Å². The summed E-state index contributed by atoms with van der Waals surface area (Å²) in [6, 6.07) is 6.35. The molecule has 1 amide bonds. The van der Waals surface area contributed by atoms with Crippen molar-refractivity contribution < 1.29 is 13.9 Å². The summed E-state index contributed by atoms with van der Waals surface area (Å²) in [6.07, 6.45) is 1.12. The van der Waals surface area contributed by atoms with Gasteiger partial charge in [0, 0.05) is 18.1 Å². The van der Waals surface area contributed by atoms with Crippen LogP contribution in [0.4, 0.5) is 4.39 Å². The molecule has 0 unspecified atom stereocenters. The second-order valence-corrected chi connectivity index (χ2v) is 7.42. The maximum atomic E-state index is 13.7. The van der Waals surface area contributed by atoms with Gasteiger partial charge in [-0.3, -0.25) is 4.79 Å². The van der Waals surface area contributed by atoms with E-state index in [4.69, 9.17) is 4.74 Å². The molecule has 1 aliphatic heterocycles. The normalized spacial score (nSPS) is 16.8. The number of rotatable bonds is 4. The molecule has 2 heterocycles. The third kappa shape index (κ3) is 3.35. The van der Waals surface area contributed by atoms with E-state index in [2.05, 4.69) is 10.3 Å². The van der Waals surface area contributed by atoms with E-state index < -0.39 is 5.41 Å². The third-order valence-corrected chi connectivity index (χ3v) is 5.64. The van der Waals surface area contributed by atoms with Crippen LogP contribution in [0, 0.1) is 19.7 Å². The molecule has 0 atom stereocenters. The Morgan fingerprint density at radius 2 is 2.12 bits per heavy atom. The standard InChI is InChI=1S/C18H21FN2O2S/c1-12-16(24-13(2)21-12)11-20-17(22)18(6-8-23-9-7-18)14-4-3-5-15(19)10-14/h3-5,10H,6-9,11H2,1-2H3,(H,20,22). The number of benzene rings is 1. The zero-order valence-corrected chi connectivity index (χ0v) is 14.7. The van der Waals surface area contributed by atoms with Crippen molar-refractivity contribution in [2.45, 2.75) is 38.6 Å². The molecule has 4 nitrogen and oxygen atoms in total. The monoisotopic (exact) mass is 348 g/mol. The summed E-state index contributed by atoms with van der Waals surface area (Å²) in [7, 11) is 0. The van der Waals surface area contributed by atoms with E-state index in [0.29, 0.717) is 32.6 Å². The highest BCUT2D eigenvalue weighted by Crippen LogP contribution is 2.35. The zero-order valence-electron chi connectivity index (χ0n) is 13.9. The maximum Gasteiger partial charge on any atom is 0.231 e. The minimum Gasteiger partial charge on any atom is -0.381 e. The van der Waals surface area contributed by atoms with Crippen LogP contribution in [0.1, 0.15) is 34.0 Å². The predicted octanol–water partition coefficient (Wildman–Crippen LogP) is 3.26. The molecule has 128 valence electrons. The van der Waals surface area contributed by atoms with Crippen molar-refractivity contribution in [1.82, 2.24) is 10.3 Å². The molecule has 0 radical (unpaired) electrons. The Kier molecular flexibility index (Phi) is 4.96. The first-order chi connectivity index (χ1) is 11.5. The van der Waals surface area contributed by atoms with Crippen molar-refractivity contribution in [2.75, 3.05) is 13.2 Å². The molecule has 0 bridgehead atoms. The molecule has 1 aromatic heterocycles. The number of aryl methyl sites for hydroxylation is 2. The number of thiazole rings is 1. The number of ether oxygens (including phenoxy) is 1. The molecule has 1 aromatic carbocycles. The molecule has 3 rings (SSSR count). The number of nitrogens with one attached hydrogen (secondary N) is 1. The molecule has 1 fully saturated rings. The molecule has 0 saturated carbocycles. The zero-order chi connectivity index (χ0) is 17.2. The first kappa shape index (κ1) is 17.0. The number of amides is 1. The van der Waals surface area contributed by atoms with Crippen LogP contribution in [-0.2, 0) is 21.5 Å². The number of carbonyl (C=O) groups is 1. The van der Waals surface area contributed by atoms with Gasteiger partial charge in [0.25, 0.3) is 0 Å². The minimum atomic E-state index is -0.728. The van der Waals surface area contributed by atoms with Crippen molar-refractivity contribution in [3.05, 3.63) is 51.2 Å². The van der Waals surface area contributed by atoms with Gasteiger partial charge < -0.3 is 10.1 Å². The van der Waals surface area contributed by atoms with E-state index >= 15 is 0 Å². The number of carbonyl (C=O) groups excluding carboxylic acids is 1. The summed E-state index contributed by atoms with van der Waals surface area (Å²) in [6.45, 7) is 5.36. The van der Waals surface area contributed by atoms with E-state index in [0.717, 1.165) is 21.1 Å². The van der Waals surface area contributed by atoms with Crippen LogP contribution in [0.5, 0.6) is 0 Å². The van der Waals surface area contributed by atoms with Gasteiger partial charge in [0.1, 0.15) is 5.82 Å². The van der Waals surface area contributed by atoms with Crippen molar-refractivity contribution in [2.24, 2.45) is 0 Å². The SMILES string of the molecule is Cc1nc(C)c(CNC(=O)C2(c3cccc(F)c3)CCOCC2)s1. The van der Waals surface area contributed by atoms with E-state index in [1.165, 1.54) is 12.1 Å². The van der Waals surface area contributed by atoms with Crippen LogP contribution in [0.15, 0.2) is 24.3 Å². The molecular formula is C18H21FN2O2S. The highest BCUT2D eigenvalue weighted by molar-refractivity contribution is 7.11. The Bertz CT molecular complexity index is 738. The maximum absolute atomic E-state index is 13.7. The molecule has 0 spiro atoms. The average molecular weight is 348 g/mol. The fraction of sp³-hybridized carbons (Fsp3) is 0.444. The lowest BCUT2D eigenvalue weighted by Gasteiger charge is -2.36. The highest BCUT2D eigenvalue weighted by Gasteiger charge is 2.41. The Morgan fingerprint density at radius 3 is 2.75 bits per heavy atom. The third-order valence-electron chi connectivity index (χ3n) is 4.57. The minimum absolute atomic E-state index is 0.0677. The Morgan fingerprint density at radius 1 is 1.38 bits per heavy atom. The number of nitrogens with zero attached hydrogens (tertiary/aromatic N) is 1. The van der Waals surface area contributed by atoms with Crippen LogP contribution in [-0.4, -0.2) is 24.1 Å². The smallest absolute Gasteiger partial charge is 0.231 e. The lowest BCUT2D eigenvalue weighted by Crippen LogP contribution is -2.47. The summed E-state index contributed by atoms with van der Waals surface area (Å²) in [5.74, 6) is -0.387. The second-order valence-electron chi connectivity index (χ2n) is 6.13. The quantitative estimate of drug-likeness (QED) is 0.923. The number of hydrogen-bond acceptors (Lipinski definition) is 4. The first-order valence-corrected chi connectivity index (χ1v) is 8.88.